The minimum atomic E-state index is -0.384. The summed E-state index contributed by atoms with van der Waals surface area (Å²) in [6.45, 7) is 3.61. The molecule has 7 heteroatoms. The van der Waals surface area contributed by atoms with Crippen molar-refractivity contribution in [2.75, 3.05) is 32.2 Å². The van der Waals surface area contributed by atoms with Crippen molar-refractivity contribution >= 4 is 23.8 Å². The van der Waals surface area contributed by atoms with Gasteiger partial charge in [0.05, 0.1) is 6.61 Å². The van der Waals surface area contributed by atoms with Gasteiger partial charge in [0.2, 0.25) is 0 Å². The normalized spacial score (nSPS) is 12.5. The number of hydrogen-bond acceptors (Lipinski definition) is 5. The zero-order valence-electron chi connectivity index (χ0n) is 16.5. The summed E-state index contributed by atoms with van der Waals surface area (Å²) < 4.78 is 15.9. The summed E-state index contributed by atoms with van der Waals surface area (Å²) in [5, 5.41) is 2.85. The Hall–Kier alpha value is -3.48. The van der Waals surface area contributed by atoms with E-state index >= 15 is 0 Å². The number of carbonyl (C=O) groups is 2. The van der Waals surface area contributed by atoms with E-state index in [9.17, 15) is 9.59 Å². The first kappa shape index (κ1) is 20.3. The lowest BCUT2D eigenvalue weighted by atomic mass is 10.2. The molecule has 0 fully saturated rings. The Bertz CT molecular complexity index is 893. The van der Waals surface area contributed by atoms with Gasteiger partial charge in [-0.15, -0.1) is 0 Å². The third kappa shape index (κ3) is 5.75. The van der Waals surface area contributed by atoms with Gasteiger partial charge in [0.15, 0.2) is 11.5 Å². The van der Waals surface area contributed by atoms with Gasteiger partial charge in [-0.05, 0) is 48.4 Å². The molecule has 0 bridgehead atoms. The fourth-order valence-electron chi connectivity index (χ4n) is 2.78. The Balaban J connectivity index is 1.54. The second-order valence-electron chi connectivity index (χ2n) is 6.47. The number of benzene rings is 2. The van der Waals surface area contributed by atoms with Crippen LogP contribution in [0.15, 0.2) is 48.5 Å². The Labute approximate surface area is 169 Å². The number of anilines is 1. The van der Waals surface area contributed by atoms with E-state index in [1.165, 1.54) is 6.08 Å². The number of urea groups is 1. The van der Waals surface area contributed by atoms with Crippen LogP contribution in [0.5, 0.6) is 11.5 Å². The highest BCUT2D eigenvalue weighted by atomic mass is 16.6. The zero-order chi connectivity index (χ0) is 20.6. The van der Waals surface area contributed by atoms with Crippen LogP contribution in [0, 0.1) is 0 Å². The predicted octanol–water partition coefficient (Wildman–Crippen LogP) is 3.70. The molecule has 1 aliphatic heterocycles. The third-order valence-electron chi connectivity index (χ3n) is 4.23. The number of ether oxygens (including phenoxy) is 3. The summed E-state index contributed by atoms with van der Waals surface area (Å²) in [5.74, 6) is 1.05. The van der Waals surface area contributed by atoms with E-state index < -0.39 is 0 Å². The molecule has 2 aromatic rings. The second kappa shape index (κ2) is 9.64. The van der Waals surface area contributed by atoms with Gasteiger partial charge in [-0.2, -0.15) is 0 Å². The van der Waals surface area contributed by atoms with Crippen molar-refractivity contribution in [1.82, 2.24) is 4.90 Å². The molecule has 1 heterocycles. The molecule has 1 N–H and O–H groups in total. The maximum Gasteiger partial charge on any atom is 0.330 e. The average Bonchev–Trinajstić information content (AvgIpc) is 2.73. The largest absolute Gasteiger partial charge is 0.486 e. The first-order valence-corrected chi connectivity index (χ1v) is 9.40. The maximum atomic E-state index is 12.5. The first-order valence-electron chi connectivity index (χ1n) is 9.40. The van der Waals surface area contributed by atoms with E-state index in [-0.39, 0.29) is 12.0 Å². The van der Waals surface area contributed by atoms with Gasteiger partial charge in [0.1, 0.15) is 13.2 Å². The minimum absolute atomic E-state index is 0.227. The molecule has 0 radical (unpaired) electrons. The molecule has 2 amide bonds. The van der Waals surface area contributed by atoms with Crippen LogP contribution in [0.1, 0.15) is 18.1 Å². The van der Waals surface area contributed by atoms with Crippen LogP contribution in [-0.2, 0) is 16.1 Å². The van der Waals surface area contributed by atoms with Crippen LogP contribution in [0.25, 0.3) is 6.08 Å². The number of carbonyl (C=O) groups excluding carboxylic acids is 2. The Kier molecular flexibility index (Phi) is 6.73. The smallest absolute Gasteiger partial charge is 0.330 e. The van der Waals surface area contributed by atoms with Gasteiger partial charge in [0, 0.05) is 25.4 Å². The Morgan fingerprint density at radius 1 is 1.10 bits per heavy atom. The van der Waals surface area contributed by atoms with Crippen molar-refractivity contribution in [3.63, 3.8) is 0 Å². The third-order valence-corrected chi connectivity index (χ3v) is 4.23. The first-order chi connectivity index (χ1) is 14.0. The van der Waals surface area contributed by atoms with Crippen LogP contribution in [0.3, 0.4) is 0 Å². The molecule has 3 rings (SSSR count). The van der Waals surface area contributed by atoms with E-state index in [1.54, 1.807) is 37.1 Å². The topological polar surface area (TPSA) is 77.1 Å². The van der Waals surface area contributed by atoms with Gasteiger partial charge in [-0.3, -0.25) is 0 Å². The van der Waals surface area contributed by atoms with Crippen molar-refractivity contribution in [2.24, 2.45) is 0 Å². The molecule has 0 unspecified atom stereocenters. The lowest BCUT2D eigenvalue weighted by Crippen LogP contribution is -2.30. The Morgan fingerprint density at radius 3 is 2.55 bits per heavy atom. The van der Waals surface area contributed by atoms with Crippen LogP contribution in [0.2, 0.25) is 0 Å². The number of fused-ring (bicyclic) bond motifs is 1. The fraction of sp³-hybridized carbons (Fsp3) is 0.273. The second-order valence-corrected chi connectivity index (χ2v) is 6.47. The molecule has 29 heavy (non-hydrogen) atoms. The number of amides is 2. The van der Waals surface area contributed by atoms with Crippen molar-refractivity contribution in [3.05, 3.63) is 59.7 Å². The molecule has 2 aromatic carbocycles. The average molecular weight is 396 g/mol. The minimum Gasteiger partial charge on any atom is -0.486 e. The van der Waals surface area contributed by atoms with Crippen molar-refractivity contribution < 1.29 is 23.8 Å². The highest BCUT2D eigenvalue weighted by molar-refractivity contribution is 5.90. The van der Waals surface area contributed by atoms with Crippen LogP contribution < -0.4 is 14.8 Å². The summed E-state index contributed by atoms with van der Waals surface area (Å²) in [5.41, 5.74) is 2.45. The van der Waals surface area contributed by atoms with Crippen molar-refractivity contribution in [1.29, 1.82) is 0 Å². The van der Waals surface area contributed by atoms with E-state index in [1.807, 2.05) is 30.3 Å². The molecule has 0 aromatic heterocycles. The van der Waals surface area contributed by atoms with Gasteiger partial charge in [0.25, 0.3) is 0 Å². The number of nitrogens with zero attached hydrogens (tertiary/aromatic N) is 1. The van der Waals surface area contributed by atoms with Gasteiger partial charge in [-0.25, -0.2) is 9.59 Å². The lowest BCUT2D eigenvalue weighted by molar-refractivity contribution is -0.137. The van der Waals surface area contributed by atoms with Gasteiger partial charge < -0.3 is 24.4 Å². The van der Waals surface area contributed by atoms with Crippen LogP contribution in [-0.4, -0.2) is 43.8 Å². The van der Waals surface area contributed by atoms with Crippen LogP contribution >= 0.6 is 0 Å². The standard InChI is InChI=1S/C22H24N2O5/c1-3-27-21(25)11-7-16-4-8-18(9-5-16)23-22(26)24(2)15-17-6-10-19-20(14-17)29-13-12-28-19/h4-11,14H,3,12-13,15H2,1-2H3,(H,23,26). The van der Waals surface area contributed by atoms with Crippen molar-refractivity contribution in [3.8, 4) is 11.5 Å². The van der Waals surface area contributed by atoms with E-state index in [4.69, 9.17) is 14.2 Å². The summed E-state index contributed by atoms with van der Waals surface area (Å²) >= 11 is 0. The maximum absolute atomic E-state index is 12.5. The van der Waals surface area contributed by atoms with E-state index in [0.717, 1.165) is 16.9 Å². The van der Waals surface area contributed by atoms with Crippen molar-refractivity contribution in [2.45, 2.75) is 13.5 Å². The lowest BCUT2D eigenvalue weighted by Gasteiger charge is -2.21. The molecule has 0 saturated carbocycles. The predicted molar refractivity (Wildman–Crippen MR) is 110 cm³/mol. The molecule has 7 nitrogen and oxygen atoms in total. The highest BCUT2D eigenvalue weighted by Crippen LogP contribution is 2.31. The summed E-state index contributed by atoms with van der Waals surface area (Å²) in [6, 6.07) is 12.6. The molecular formula is C22H24N2O5. The highest BCUT2D eigenvalue weighted by Gasteiger charge is 2.14. The van der Waals surface area contributed by atoms with E-state index in [0.29, 0.717) is 37.8 Å². The quantitative estimate of drug-likeness (QED) is 0.595. The molecule has 0 saturated heterocycles. The number of hydrogen-bond donors (Lipinski definition) is 1. The summed E-state index contributed by atoms with van der Waals surface area (Å²) in [6.07, 6.45) is 3.04. The number of rotatable bonds is 6. The number of nitrogens with one attached hydrogen (secondary N) is 1. The number of esters is 1. The van der Waals surface area contributed by atoms with Gasteiger partial charge >= 0.3 is 12.0 Å². The molecule has 1 aliphatic rings. The SMILES string of the molecule is CCOC(=O)C=Cc1ccc(NC(=O)N(C)Cc2ccc3c(c2)OCCO3)cc1. The molecular weight excluding hydrogens is 372 g/mol. The molecule has 0 atom stereocenters. The zero-order valence-corrected chi connectivity index (χ0v) is 16.5. The summed E-state index contributed by atoms with van der Waals surface area (Å²) in [4.78, 5) is 25.4. The monoisotopic (exact) mass is 396 g/mol. The summed E-state index contributed by atoms with van der Waals surface area (Å²) in [7, 11) is 1.72. The van der Waals surface area contributed by atoms with Gasteiger partial charge in [-0.1, -0.05) is 18.2 Å². The van der Waals surface area contributed by atoms with Crippen LogP contribution in [0.4, 0.5) is 10.5 Å². The molecule has 152 valence electrons. The fourth-order valence-corrected chi connectivity index (χ4v) is 2.78. The Morgan fingerprint density at radius 2 is 1.83 bits per heavy atom. The molecule has 0 aliphatic carbocycles. The van der Waals surface area contributed by atoms with E-state index in [2.05, 4.69) is 5.32 Å². The molecule has 0 spiro atoms.